The van der Waals surface area contributed by atoms with Gasteiger partial charge in [0, 0.05) is 12.5 Å². The Morgan fingerprint density at radius 3 is 2.54 bits per heavy atom. The molecule has 0 saturated carbocycles. The molecular weight excluding hydrogens is 377 g/mol. The van der Waals surface area contributed by atoms with E-state index in [4.69, 9.17) is 21.1 Å². The SMILES string of the molecule is O=Cc1c(Cl)cc(O[C@@H]2CCCCO2)cc1OS(=O)(=O)C(F)(F)F. The van der Waals surface area contributed by atoms with E-state index in [9.17, 15) is 26.4 Å². The highest BCUT2D eigenvalue weighted by molar-refractivity contribution is 7.88. The van der Waals surface area contributed by atoms with E-state index in [1.165, 1.54) is 0 Å². The van der Waals surface area contributed by atoms with Gasteiger partial charge in [-0.1, -0.05) is 11.6 Å². The van der Waals surface area contributed by atoms with Crippen LogP contribution in [-0.2, 0) is 14.9 Å². The van der Waals surface area contributed by atoms with E-state index in [-0.39, 0.29) is 17.1 Å². The minimum absolute atomic E-state index is 0.0788. The fourth-order valence-electron chi connectivity index (χ4n) is 1.94. The van der Waals surface area contributed by atoms with E-state index < -0.39 is 33.2 Å². The number of carbonyl (C=O) groups is 1. The molecule has 1 heterocycles. The number of ether oxygens (including phenoxy) is 2. The van der Waals surface area contributed by atoms with Crippen LogP contribution < -0.4 is 8.92 Å². The zero-order valence-electron chi connectivity index (χ0n) is 12.0. The number of alkyl halides is 3. The van der Waals surface area contributed by atoms with Gasteiger partial charge in [0.15, 0.2) is 18.3 Å². The number of rotatable bonds is 5. The van der Waals surface area contributed by atoms with Crippen LogP contribution in [0.15, 0.2) is 12.1 Å². The van der Waals surface area contributed by atoms with Gasteiger partial charge in [0.25, 0.3) is 0 Å². The first-order chi connectivity index (χ1) is 11.1. The van der Waals surface area contributed by atoms with Crippen molar-refractivity contribution in [1.82, 2.24) is 0 Å². The number of carbonyl (C=O) groups excluding carboxylic acids is 1. The summed E-state index contributed by atoms with van der Waals surface area (Å²) in [7, 11) is -5.95. The van der Waals surface area contributed by atoms with Crippen LogP contribution in [0.25, 0.3) is 0 Å². The number of hydrogen-bond acceptors (Lipinski definition) is 6. The molecule has 1 saturated heterocycles. The molecule has 0 amide bonds. The second-order valence-electron chi connectivity index (χ2n) is 4.83. The lowest BCUT2D eigenvalue weighted by molar-refractivity contribution is -0.105. The Hall–Kier alpha value is -1.52. The number of aldehydes is 1. The lowest BCUT2D eigenvalue weighted by Gasteiger charge is -2.24. The molecule has 11 heteroatoms. The maximum absolute atomic E-state index is 12.4. The second-order valence-corrected chi connectivity index (χ2v) is 6.78. The first kappa shape index (κ1) is 18.8. The highest BCUT2D eigenvalue weighted by Crippen LogP contribution is 2.35. The Bertz CT molecular complexity index is 713. The Labute approximate surface area is 140 Å². The summed E-state index contributed by atoms with van der Waals surface area (Å²) in [6, 6.07) is 2.01. The summed E-state index contributed by atoms with van der Waals surface area (Å²) in [5, 5.41) is -0.314. The van der Waals surface area contributed by atoms with Crippen LogP contribution in [0.1, 0.15) is 29.6 Å². The Morgan fingerprint density at radius 1 is 1.29 bits per heavy atom. The average Bonchev–Trinajstić information content (AvgIpc) is 2.46. The van der Waals surface area contributed by atoms with Crippen LogP contribution in [0, 0.1) is 0 Å². The zero-order valence-corrected chi connectivity index (χ0v) is 13.6. The maximum atomic E-state index is 12.4. The lowest BCUT2D eigenvalue weighted by Crippen LogP contribution is -2.28. The van der Waals surface area contributed by atoms with Crippen LogP contribution in [0.5, 0.6) is 11.5 Å². The van der Waals surface area contributed by atoms with Gasteiger partial charge in [0.1, 0.15) is 5.75 Å². The van der Waals surface area contributed by atoms with Gasteiger partial charge in [0.05, 0.1) is 17.2 Å². The van der Waals surface area contributed by atoms with Crippen molar-refractivity contribution in [3.8, 4) is 11.5 Å². The molecule has 1 aromatic rings. The first-order valence-corrected chi connectivity index (χ1v) is 8.50. The monoisotopic (exact) mass is 388 g/mol. The number of halogens is 4. The van der Waals surface area contributed by atoms with E-state index in [1.807, 2.05) is 0 Å². The van der Waals surface area contributed by atoms with E-state index in [0.29, 0.717) is 13.0 Å². The summed E-state index contributed by atoms with van der Waals surface area (Å²) in [4.78, 5) is 11.0. The Morgan fingerprint density at radius 2 is 2.00 bits per heavy atom. The van der Waals surface area contributed by atoms with Crippen LogP contribution in [0.3, 0.4) is 0 Å². The summed E-state index contributed by atoms with van der Waals surface area (Å²) in [6.45, 7) is 0.455. The standard InChI is InChI=1S/C13H12ClF3O6S/c14-10-5-8(22-12-3-1-2-4-21-12)6-11(9(10)7-18)23-24(19,20)13(15,16)17/h5-7,12H,1-4H2/t12-/m1/s1. The molecule has 0 radical (unpaired) electrons. The molecule has 6 nitrogen and oxygen atoms in total. The predicted octanol–water partition coefficient (Wildman–Crippen LogP) is 3.29. The lowest BCUT2D eigenvalue weighted by atomic mass is 10.2. The molecule has 0 aromatic heterocycles. The summed E-state index contributed by atoms with van der Waals surface area (Å²) in [6.07, 6.45) is 1.66. The first-order valence-electron chi connectivity index (χ1n) is 6.72. The third kappa shape index (κ3) is 4.31. The van der Waals surface area contributed by atoms with Crippen LogP contribution in [0.4, 0.5) is 13.2 Å². The van der Waals surface area contributed by atoms with E-state index >= 15 is 0 Å². The summed E-state index contributed by atoms with van der Waals surface area (Å²) >= 11 is 5.79. The molecule has 0 spiro atoms. The van der Waals surface area contributed by atoms with Crippen molar-refractivity contribution in [1.29, 1.82) is 0 Å². The molecule has 1 aromatic carbocycles. The molecule has 1 fully saturated rings. The molecular formula is C13H12ClF3O6S. The largest absolute Gasteiger partial charge is 0.534 e. The minimum atomic E-state index is -5.95. The van der Waals surface area contributed by atoms with Gasteiger partial charge >= 0.3 is 15.6 Å². The van der Waals surface area contributed by atoms with Gasteiger partial charge in [-0.25, -0.2) is 0 Å². The van der Waals surface area contributed by atoms with Gasteiger partial charge < -0.3 is 13.7 Å². The van der Waals surface area contributed by atoms with Gasteiger partial charge in [-0.2, -0.15) is 21.6 Å². The molecule has 1 aliphatic heterocycles. The van der Waals surface area contributed by atoms with Crippen LogP contribution in [-0.4, -0.2) is 33.1 Å². The Kier molecular flexibility index (Phi) is 5.61. The topological polar surface area (TPSA) is 78.9 Å². The molecule has 1 atom stereocenters. The smallest absolute Gasteiger partial charge is 0.465 e. The van der Waals surface area contributed by atoms with Crippen LogP contribution in [0.2, 0.25) is 5.02 Å². The molecule has 0 N–H and O–H groups in total. The van der Waals surface area contributed by atoms with Gasteiger partial charge in [-0.3, -0.25) is 4.79 Å². The summed E-state index contributed by atoms with van der Waals surface area (Å²) in [5.74, 6) is -0.953. The maximum Gasteiger partial charge on any atom is 0.534 e. The minimum Gasteiger partial charge on any atom is -0.465 e. The van der Waals surface area contributed by atoms with Crippen LogP contribution >= 0.6 is 11.6 Å². The van der Waals surface area contributed by atoms with Crippen molar-refractivity contribution in [3.05, 3.63) is 22.7 Å². The third-order valence-corrected chi connectivity index (χ3v) is 4.35. The van der Waals surface area contributed by atoms with Crippen molar-refractivity contribution < 1.29 is 40.0 Å². The van der Waals surface area contributed by atoms with Crippen molar-refractivity contribution in [3.63, 3.8) is 0 Å². The van der Waals surface area contributed by atoms with E-state index in [2.05, 4.69) is 4.18 Å². The van der Waals surface area contributed by atoms with Gasteiger partial charge in [-0.15, -0.1) is 0 Å². The molecule has 2 rings (SSSR count). The van der Waals surface area contributed by atoms with Gasteiger partial charge in [0.2, 0.25) is 0 Å². The molecule has 0 aliphatic carbocycles. The van der Waals surface area contributed by atoms with Crippen molar-refractivity contribution in [2.24, 2.45) is 0 Å². The molecule has 24 heavy (non-hydrogen) atoms. The summed E-state index contributed by atoms with van der Waals surface area (Å²) in [5.41, 5.74) is -6.19. The highest BCUT2D eigenvalue weighted by Gasteiger charge is 2.49. The van der Waals surface area contributed by atoms with E-state index in [0.717, 1.165) is 25.0 Å². The molecule has 0 unspecified atom stereocenters. The quantitative estimate of drug-likeness (QED) is 0.437. The van der Waals surface area contributed by atoms with E-state index in [1.54, 1.807) is 0 Å². The third-order valence-electron chi connectivity index (χ3n) is 3.07. The fraction of sp³-hybridized carbons (Fsp3) is 0.462. The predicted molar refractivity (Wildman–Crippen MR) is 76.7 cm³/mol. The van der Waals surface area contributed by atoms with Crippen molar-refractivity contribution in [2.75, 3.05) is 6.61 Å². The van der Waals surface area contributed by atoms with Crippen molar-refractivity contribution >= 4 is 28.0 Å². The average molecular weight is 389 g/mol. The number of benzene rings is 1. The fourth-order valence-corrected chi connectivity index (χ4v) is 2.66. The van der Waals surface area contributed by atoms with Gasteiger partial charge in [-0.05, 0) is 18.9 Å². The summed E-state index contributed by atoms with van der Waals surface area (Å²) < 4.78 is 74.3. The zero-order chi connectivity index (χ0) is 18.0. The molecule has 0 bridgehead atoms. The Balaban J connectivity index is 2.33. The van der Waals surface area contributed by atoms with Crippen molar-refractivity contribution in [2.45, 2.75) is 31.1 Å². The normalized spacial score (nSPS) is 18.9. The number of hydrogen-bond donors (Lipinski definition) is 0. The second kappa shape index (κ2) is 7.16. The molecule has 1 aliphatic rings. The molecule has 134 valence electrons. The highest BCUT2D eigenvalue weighted by atomic mass is 35.5.